The summed E-state index contributed by atoms with van der Waals surface area (Å²) < 4.78 is 1.78. The van der Waals surface area contributed by atoms with Crippen LogP contribution in [0.5, 0.6) is 0 Å². The molecule has 0 saturated heterocycles. The first-order valence-electron chi connectivity index (χ1n) is 6.03. The Morgan fingerprint density at radius 1 is 1.58 bits per heavy atom. The number of halogens is 1. The van der Waals surface area contributed by atoms with E-state index in [0.717, 1.165) is 17.9 Å². The van der Waals surface area contributed by atoms with Gasteiger partial charge in [0.05, 0.1) is 23.0 Å². The van der Waals surface area contributed by atoms with Gasteiger partial charge in [0.1, 0.15) is 0 Å². The number of aromatic nitrogens is 2. The van der Waals surface area contributed by atoms with Gasteiger partial charge in [0, 0.05) is 22.6 Å². The van der Waals surface area contributed by atoms with Crippen LogP contribution in [0.2, 0.25) is 5.02 Å². The monoisotopic (exact) mass is 314 g/mol. The summed E-state index contributed by atoms with van der Waals surface area (Å²) in [5.74, 6) is 8.05. The molecule has 7 heteroatoms. The molecule has 1 aliphatic rings. The summed E-state index contributed by atoms with van der Waals surface area (Å²) in [4.78, 5) is 2.69. The van der Waals surface area contributed by atoms with E-state index < -0.39 is 0 Å². The van der Waals surface area contributed by atoms with Gasteiger partial charge < -0.3 is 0 Å². The molecule has 0 aliphatic carbocycles. The molecule has 102 valence electrons. The van der Waals surface area contributed by atoms with Crippen molar-refractivity contribution >= 4 is 34.7 Å². The maximum Gasteiger partial charge on any atom is 0.0985 e. The van der Waals surface area contributed by atoms with Crippen LogP contribution < -0.4 is 11.3 Å². The van der Waals surface area contributed by atoms with Crippen molar-refractivity contribution in [1.82, 2.24) is 15.2 Å². The maximum absolute atomic E-state index is 6.22. The van der Waals surface area contributed by atoms with E-state index >= 15 is 0 Å². The Morgan fingerprint density at radius 3 is 3.05 bits per heavy atom. The second kappa shape index (κ2) is 5.46. The molecule has 2 aromatic rings. The summed E-state index contributed by atoms with van der Waals surface area (Å²) in [5, 5.41) is 4.83. The van der Waals surface area contributed by atoms with Crippen molar-refractivity contribution in [1.29, 1.82) is 0 Å². The minimum Gasteiger partial charge on any atom is -0.270 e. The molecule has 2 aromatic heterocycles. The number of nitrogens with zero attached hydrogens (tertiary/aromatic N) is 2. The molecular weight excluding hydrogens is 300 g/mol. The zero-order valence-corrected chi connectivity index (χ0v) is 12.9. The average Bonchev–Trinajstić information content (AvgIpc) is 2.97. The predicted octanol–water partition coefficient (Wildman–Crippen LogP) is 2.48. The molecule has 0 saturated carbocycles. The number of hydrogen-bond acceptors (Lipinski definition) is 5. The summed E-state index contributed by atoms with van der Waals surface area (Å²) >= 11 is 10.0. The van der Waals surface area contributed by atoms with Crippen molar-refractivity contribution in [2.75, 3.05) is 5.75 Å². The minimum absolute atomic E-state index is 0.0967. The van der Waals surface area contributed by atoms with Crippen molar-refractivity contribution in [3.63, 3.8) is 0 Å². The number of aryl methyl sites for hydroxylation is 2. The number of hydrazine groups is 1. The van der Waals surface area contributed by atoms with Crippen molar-refractivity contribution in [3.05, 3.63) is 38.3 Å². The number of thiophene rings is 1. The van der Waals surface area contributed by atoms with Crippen LogP contribution in [0, 0.1) is 0 Å². The standard InChI is InChI=1S/C12H15ClN4S2/c1-17-12(8(13)5-15-17)11(16-14)10-4-7-6-18-3-2-9(7)19-10/h4-5,11,16H,2-3,6,14H2,1H3. The largest absolute Gasteiger partial charge is 0.270 e. The van der Waals surface area contributed by atoms with Gasteiger partial charge in [-0.1, -0.05) is 11.6 Å². The van der Waals surface area contributed by atoms with Crippen molar-refractivity contribution in [2.45, 2.75) is 18.2 Å². The van der Waals surface area contributed by atoms with Crippen LogP contribution in [0.4, 0.5) is 0 Å². The molecule has 4 nitrogen and oxygen atoms in total. The minimum atomic E-state index is -0.0967. The topological polar surface area (TPSA) is 55.9 Å². The number of rotatable bonds is 3. The first-order chi connectivity index (χ1) is 9.20. The molecule has 0 amide bonds. The SMILES string of the molecule is Cn1ncc(Cl)c1C(NN)c1cc2c(s1)CCSC2. The smallest absolute Gasteiger partial charge is 0.0985 e. The number of nitrogens with two attached hydrogens (primary N) is 1. The molecular formula is C12H15ClN4S2. The molecule has 0 fully saturated rings. The molecule has 0 spiro atoms. The number of nitrogens with one attached hydrogen (secondary N) is 1. The van der Waals surface area contributed by atoms with Gasteiger partial charge in [-0.2, -0.15) is 16.9 Å². The van der Waals surface area contributed by atoms with Gasteiger partial charge in [0.15, 0.2) is 0 Å². The Labute approximate surface area is 125 Å². The molecule has 1 aliphatic heterocycles. The van der Waals surface area contributed by atoms with E-state index in [4.69, 9.17) is 17.4 Å². The molecule has 0 radical (unpaired) electrons. The first-order valence-corrected chi connectivity index (χ1v) is 8.38. The Bertz CT molecular complexity index is 550. The van der Waals surface area contributed by atoms with Crippen LogP contribution in [-0.4, -0.2) is 15.5 Å². The van der Waals surface area contributed by atoms with E-state index in [2.05, 4.69) is 16.6 Å². The fourth-order valence-corrected chi connectivity index (χ4v) is 5.07. The highest BCUT2D eigenvalue weighted by Gasteiger charge is 2.24. The molecule has 0 bridgehead atoms. The highest BCUT2D eigenvalue weighted by Crippen LogP contribution is 2.37. The predicted molar refractivity (Wildman–Crippen MR) is 81.6 cm³/mol. The second-order valence-electron chi connectivity index (χ2n) is 4.50. The molecule has 3 heterocycles. The summed E-state index contributed by atoms with van der Waals surface area (Å²) in [6.45, 7) is 0. The van der Waals surface area contributed by atoms with Gasteiger partial charge in [0.25, 0.3) is 0 Å². The van der Waals surface area contributed by atoms with Crippen LogP contribution in [0.25, 0.3) is 0 Å². The maximum atomic E-state index is 6.22. The normalized spacial score (nSPS) is 16.4. The van der Waals surface area contributed by atoms with E-state index in [9.17, 15) is 0 Å². The Balaban J connectivity index is 2.01. The van der Waals surface area contributed by atoms with Crippen molar-refractivity contribution in [2.24, 2.45) is 12.9 Å². The van der Waals surface area contributed by atoms with Crippen LogP contribution in [0.15, 0.2) is 12.3 Å². The fourth-order valence-electron chi connectivity index (χ4n) is 2.35. The zero-order valence-electron chi connectivity index (χ0n) is 10.5. The van der Waals surface area contributed by atoms with Gasteiger partial charge in [-0.3, -0.25) is 10.5 Å². The van der Waals surface area contributed by atoms with Crippen molar-refractivity contribution in [3.8, 4) is 0 Å². The molecule has 1 atom stereocenters. The number of hydrogen-bond donors (Lipinski definition) is 2. The molecule has 1 unspecified atom stereocenters. The summed E-state index contributed by atoms with van der Waals surface area (Å²) in [7, 11) is 1.88. The third-order valence-electron chi connectivity index (χ3n) is 3.31. The highest BCUT2D eigenvalue weighted by atomic mass is 35.5. The summed E-state index contributed by atoms with van der Waals surface area (Å²) in [6, 6.07) is 2.15. The third-order valence-corrected chi connectivity index (χ3v) is 5.91. The Kier molecular flexibility index (Phi) is 3.86. The van der Waals surface area contributed by atoms with Crippen LogP contribution >= 0.6 is 34.7 Å². The fraction of sp³-hybridized carbons (Fsp3) is 0.417. The van der Waals surface area contributed by atoms with Gasteiger partial charge in [-0.25, -0.2) is 5.43 Å². The number of thioether (sulfide) groups is 1. The second-order valence-corrected chi connectivity index (χ2v) is 7.18. The lowest BCUT2D eigenvalue weighted by atomic mass is 10.1. The number of fused-ring (bicyclic) bond motifs is 1. The van der Waals surface area contributed by atoms with Crippen LogP contribution in [-0.2, 0) is 19.2 Å². The Hall–Kier alpha value is -0.530. The van der Waals surface area contributed by atoms with Crippen LogP contribution in [0.1, 0.15) is 27.1 Å². The van der Waals surface area contributed by atoms with E-state index in [0.29, 0.717) is 5.02 Å². The zero-order chi connectivity index (χ0) is 13.4. The average molecular weight is 315 g/mol. The molecule has 0 aromatic carbocycles. The summed E-state index contributed by atoms with van der Waals surface area (Å²) in [5.41, 5.74) is 5.22. The quantitative estimate of drug-likeness (QED) is 0.675. The summed E-state index contributed by atoms with van der Waals surface area (Å²) in [6.07, 6.45) is 2.81. The van der Waals surface area contributed by atoms with E-state index in [1.165, 1.54) is 21.1 Å². The molecule has 3 rings (SSSR count). The van der Waals surface area contributed by atoms with Crippen LogP contribution in [0.3, 0.4) is 0 Å². The highest BCUT2D eigenvalue weighted by molar-refractivity contribution is 7.98. The molecule has 3 N–H and O–H groups in total. The van der Waals surface area contributed by atoms with Gasteiger partial charge in [-0.15, -0.1) is 11.3 Å². The lowest BCUT2D eigenvalue weighted by Crippen LogP contribution is -2.30. The molecule has 19 heavy (non-hydrogen) atoms. The van der Waals surface area contributed by atoms with Gasteiger partial charge in [-0.05, 0) is 23.8 Å². The lowest BCUT2D eigenvalue weighted by Gasteiger charge is -2.15. The van der Waals surface area contributed by atoms with Gasteiger partial charge in [0.2, 0.25) is 0 Å². The van der Waals surface area contributed by atoms with Crippen molar-refractivity contribution < 1.29 is 0 Å². The Morgan fingerprint density at radius 2 is 2.42 bits per heavy atom. The third kappa shape index (κ3) is 2.43. The van der Waals surface area contributed by atoms with E-state index in [1.54, 1.807) is 10.9 Å². The van der Waals surface area contributed by atoms with Gasteiger partial charge >= 0.3 is 0 Å². The van der Waals surface area contributed by atoms with E-state index in [1.807, 2.05) is 30.1 Å². The lowest BCUT2D eigenvalue weighted by molar-refractivity contribution is 0.582. The first kappa shape index (κ1) is 13.5. The van der Waals surface area contributed by atoms with E-state index in [-0.39, 0.29) is 6.04 Å².